The molecule has 1 aromatic rings. The van der Waals surface area contributed by atoms with Gasteiger partial charge in [-0.1, -0.05) is 41.1 Å². The minimum atomic E-state index is -1.11. The minimum absolute atomic E-state index is 0.0300. The number of carbonyl (C=O) groups excluding carboxylic acids is 2. The maximum atomic E-state index is 11.7. The van der Waals surface area contributed by atoms with Gasteiger partial charge >= 0.3 is 0 Å². The lowest BCUT2D eigenvalue weighted by atomic mass is 9.93. The summed E-state index contributed by atoms with van der Waals surface area (Å²) in [7, 11) is 0. The number of carboxylic acid groups (broad SMARTS) is 1. The number of Topliss-reactive ketones (excluding diaryl/α,β-unsaturated/α-hetero) is 1. The van der Waals surface area contributed by atoms with Crippen LogP contribution in [0.5, 0.6) is 0 Å². The molecule has 0 aliphatic heterocycles. The summed E-state index contributed by atoms with van der Waals surface area (Å²) in [6.07, 6.45) is 0.558. The number of rotatable bonds is 2. The Labute approximate surface area is 102 Å². The highest BCUT2D eigenvalue weighted by atomic mass is 79.9. The van der Waals surface area contributed by atoms with Crippen molar-refractivity contribution in [3.63, 3.8) is 0 Å². The summed E-state index contributed by atoms with van der Waals surface area (Å²) in [5.74, 6) is -1.76. The van der Waals surface area contributed by atoms with Crippen LogP contribution in [0.2, 0.25) is 0 Å². The molecule has 0 N–H and O–H groups in total. The molecule has 4 heteroatoms. The second-order valence-electron chi connectivity index (χ2n) is 3.95. The van der Waals surface area contributed by atoms with E-state index in [1.807, 2.05) is 0 Å². The van der Waals surface area contributed by atoms with Crippen LogP contribution < -0.4 is 5.11 Å². The number of hydrogen-bond acceptors (Lipinski definition) is 3. The fraction of sp³-hybridized carbons (Fsp3) is 0.333. The first-order chi connectivity index (χ1) is 7.52. The first-order valence-corrected chi connectivity index (χ1v) is 5.95. The number of carbonyl (C=O) groups is 2. The van der Waals surface area contributed by atoms with Crippen LogP contribution in [0.1, 0.15) is 34.3 Å². The second kappa shape index (κ2) is 4.01. The number of carboxylic acids is 1. The standard InChI is InChI=1S/C12H11BrO3/c1-6(12(15)16)7-3-2-4-8-9(7)5-10(13)11(8)14/h2-4,6,10H,5H2,1H3,(H,15,16)/p-1. The molecule has 0 bridgehead atoms. The molecule has 0 heterocycles. The fourth-order valence-electron chi connectivity index (χ4n) is 2.04. The number of fused-ring (bicyclic) bond motifs is 1. The largest absolute Gasteiger partial charge is 0.550 e. The zero-order chi connectivity index (χ0) is 11.9. The lowest BCUT2D eigenvalue weighted by Gasteiger charge is -2.16. The Kier molecular flexibility index (Phi) is 2.84. The van der Waals surface area contributed by atoms with Crippen LogP contribution in [0, 0.1) is 0 Å². The molecule has 1 aliphatic carbocycles. The molecule has 84 valence electrons. The fourth-order valence-corrected chi connectivity index (χ4v) is 2.61. The first kappa shape index (κ1) is 11.3. The smallest absolute Gasteiger partial charge is 0.177 e. The van der Waals surface area contributed by atoms with E-state index >= 15 is 0 Å². The Morgan fingerprint density at radius 3 is 2.88 bits per heavy atom. The molecular formula is C12H10BrO3-. The van der Waals surface area contributed by atoms with Crippen LogP contribution in [0.25, 0.3) is 0 Å². The van der Waals surface area contributed by atoms with Gasteiger partial charge in [0.15, 0.2) is 5.78 Å². The van der Waals surface area contributed by atoms with Crippen LogP contribution in [0.3, 0.4) is 0 Å². The summed E-state index contributed by atoms with van der Waals surface area (Å²) in [5.41, 5.74) is 2.16. The molecule has 16 heavy (non-hydrogen) atoms. The van der Waals surface area contributed by atoms with E-state index in [1.165, 1.54) is 0 Å². The van der Waals surface area contributed by atoms with E-state index in [0.717, 1.165) is 5.56 Å². The lowest BCUT2D eigenvalue weighted by molar-refractivity contribution is -0.307. The van der Waals surface area contributed by atoms with Gasteiger partial charge in [-0.2, -0.15) is 0 Å². The zero-order valence-corrected chi connectivity index (χ0v) is 10.3. The summed E-state index contributed by atoms with van der Waals surface area (Å²) in [6, 6.07) is 5.21. The molecule has 1 aliphatic rings. The molecule has 0 radical (unpaired) electrons. The molecule has 0 saturated heterocycles. The summed E-state index contributed by atoms with van der Waals surface area (Å²) in [4.78, 5) is 22.4. The van der Waals surface area contributed by atoms with Gasteiger partial charge < -0.3 is 9.90 Å². The molecule has 2 atom stereocenters. The number of alkyl halides is 1. The zero-order valence-electron chi connectivity index (χ0n) is 8.70. The van der Waals surface area contributed by atoms with Gasteiger partial charge in [0.05, 0.1) is 4.83 Å². The van der Waals surface area contributed by atoms with E-state index in [1.54, 1.807) is 25.1 Å². The van der Waals surface area contributed by atoms with Crippen LogP contribution in [0.15, 0.2) is 18.2 Å². The van der Waals surface area contributed by atoms with Crippen molar-refractivity contribution in [3.05, 3.63) is 34.9 Å². The van der Waals surface area contributed by atoms with Gasteiger partial charge in [-0.15, -0.1) is 0 Å². The van der Waals surface area contributed by atoms with Crippen LogP contribution in [-0.2, 0) is 11.2 Å². The van der Waals surface area contributed by atoms with Crippen LogP contribution in [-0.4, -0.2) is 16.6 Å². The van der Waals surface area contributed by atoms with Gasteiger partial charge in [-0.25, -0.2) is 0 Å². The Morgan fingerprint density at radius 2 is 2.25 bits per heavy atom. The van der Waals surface area contributed by atoms with Crippen molar-refractivity contribution in [1.29, 1.82) is 0 Å². The third kappa shape index (κ3) is 1.67. The highest BCUT2D eigenvalue weighted by Gasteiger charge is 2.31. The maximum absolute atomic E-state index is 11.7. The number of halogens is 1. The molecule has 0 amide bonds. The molecule has 2 rings (SSSR count). The Morgan fingerprint density at radius 1 is 1.56 bits per heavy atom. The average Bonchev–Trinajstić information content (AvgIpc) is 2.54. The Bertz CT molecular complexity index is 467. The number of hydrogen-bond donors (Lipinski definition) is 0. The third-order valence-corrected chi connectivity index (χ3v) is 3.71. The number of aliphatic carboxylic acids is 1. The van der Waals surface area contributed by atoms with Gasteiger partial charge in [-0.05, 0) is 17.5 Å². The summed E-state index contributed by atoms with van der Waals surface area (Å²) >= 11 is 3.29. The molecular weight excluding hydrogens is 272 g/mol. The number of benzene rings is 1. The first-order valence-electron chi connectivity index (χ1n) is 5.03. The average molecular weight is 282 g/mol. The van der Waals surface area contributed by atoms with E-state index in [2.05, 4.69) is 15.9 Å². The van der Waals surface area contributed by atoms with Crippen molar-refractivity contribution in [2.24, 2.45) is 0 Å². The van der Waals surface area contributed by atoms with Crippen molar-refractivity contribution in [2.75, 3.05) is 0 Å². The van der Waals surface area contributed by atoms with Crippen LogP contribution in [0.4, 0.5) is 0 Å². The van der Waals surface area contributed by atoms with Gasteiger partial charge in [0, 0.05) is 17.5 Å². The van der Waals surface area contributed by atoms with Crippen molar-refractivity contribution in [1.82, 2.24) is 0 Å². The van der Waals surface area contributed by atoms with E-state index in [4.69, 9.17) is 0 Å². The van der Waals surface area contributed by atoms with Gasteiger partial charge in [0.1, 0.15) is 0 Å². The quantitative estimate of drug-likeness (QED) is 0.762. The van der Waals surface area contributed by atoms with E-state index in [9.17, 15) is 14.7 Å². The predicted octanol–water partition coefficient (Wildman–Crippen LogP) is 1.04. The number of ketones is 1. The predicted molar refractivity (Wildman–Crippen MR) is 60.6 cm³/mol. The molecule has 2 unspecified atom stereocenters. The highest BCUT2D eigenvalue weighted by Crippen LogP contribution is 2.32. The molecule has 0 spiro atoms. The second-order valence-corrected chi connectivity index (χ2v) is 5.06. The Balaban J connectivity index is 2.52. The third-order valence-electron chi connectivity index (χ3n) is 2.97. The normalized spacial score (nSPS) is 20.6. The Hall–Kier alpha value is -1.16. The summed E-state index contributed by atoms with van der Waals surface area (Å²) < 4.78 is 0. The van der Waals surface area contributed by atoms with Crippen LogP contribution >= 0.6 is 15.9 Å². The van der Waals surface area contributed by atoms with E-state index < -0.39 is 11.9 Å². The van der Waals surface area contributed by atoms with E-state index in [0.29, 0.717) is 17.5 Å². The summed E-state index contributed by atoms with van der Waals surface area (Å²) in [6.45, 7) is 1.58. The minimum Gasteiger partial charge on any atom is -0.550 e. The maximum Gasteiger partial charge on any atom is 0.177 e. The topological polar surface area (TPSA) is 57.2 Å². The summed E-state index contributed by atoms with van der Waals surface area (Å²) in [5, 5.41) is 10.9. The van der Waals surface area contributed by atoms with Crippen molar-refractivity contribution in [3.8, 4) is 0 Å². The molecule has 1 aromatic carbocycles. The molecule has 0 aromatic heterocycles. The van der Waals surface area contributed by atoms with Crippen molar-refractivity contribution < 1.29 is 14.7 Å². The van der Waals surface area contributed by atoms with Crippen molar-refractivity contribution >= 4 is 27.7 Å². The van der Waals surface area contributed by atoms with Gasteiger partial charge in [0.25, 0.3) is 0 Å². The molecule has 3 nitrogen and oxygen atoms in total. The van der Waals surface area contributed by atoms with E-state index in [-0.39, 0.29) is 10.6 Å². The van der Waals surface area contributed by atoms with Gasteiger partial charge in [-0.3, -0.25) is 4.79 Å². The SMILES string of the molecule is CC(C(=O)[O-])c1cccc2c1CC(Br)C2=O. The highest BCUT2D eigenvalue weighted by molar-refractivity contribution is 9.10. The molecule has 0 fully saturated rings. The van der Waals surface area contributed by atoms with Gasteiger partial charge in [0.2, 0.25) is 0 Å². The molecule has 0 saturated carbocycles. The lowest BCUT2D eigenvalue weighted by Crippen LogP contribution is -2.28. The van der Waals surface area contributed by atoms with Crippen molar-refractivity contribution in [2.45, 2.75) is 24.1 Å². The monoisotopic (exact) mass is 281 g/mol.